The molecule has 2 saturated heterocycles. The molecule has 0 aliphatic carbocycles. The van der Waals surface area contributed by atoms with Gasteiger partial charge in [-0.05, 0) is 69.7 Å². The van der Waals surface area contributed by atoms with Crippen LogP contribution in [0.25, 0.3) is 32.1 Å². The minimum atomic E-state index is -0.408. The van der Waals surface area contributed by atoms with Crippen LogP contribution < -0.4 is 15.1 Å². The zero-order valence-electron chi connectivity index (χ0n) is 21.7. The predicted molar refractivity (Wildman–Crippen MR) is 152 cm³/mol. The number of hydrogen-bond donors (Lipinski definition) is 1. The zero-order valence-corrected chi connectivity index (χ0v) is 23.3. The second-order valence-electron chi connectivity index (χ2n) is 10.6. The van der Waals surface area contributed by atoms with E-state index in [1.54, 1.807) is 6.20 Å². The number of nitrogens with one attached hydrogen (secondary N) is 1. The molecule has 4 heterocycles. The summed E-state index contributed by atoms with van der Waals surface area (Å²) in [5, 5.41) is 5.43. The summed E-state index contributed by atoms with van der Waals surface area (Å²) >= 11 is 8.29. The summed E-state index contributed by atoms with van der Waals surface area (Å²) < 4.78 is 22.0. The summed E-state index contributed by atoms with van der Waals surface area (Å²) in [6.07, 6.45) is 1.80. The van der Waals surface area contributed by atoms with E-state index in [1.165, 1.54) is 11.5 Å². The molecule has 2 aromatic heterocycles. The van der Waals surface area contributed by atoms with Gasteiger partial charge in [-0.1, -0.05) is 17.7 Å². The maximum absolute atomic E-state index is 16.7. The minimum Gasteiger partial charge on any atom is -0.350 e. The van der Waals surface area contributed by atoms with Crippen LogP contribution in [0.2, 0.25) is 5.02 Å². The normalized spacial score (nSPS) is 20.9. The van der Waals surface area contributed by atoms with Crippen molar-refractivity contribution in [1.29, 1.82) is 0 Å². The third-order valence-electron chi connectivity index (χ3n) is 7.76. The van der Waals surface area contributed by atoms with Crippen molar-refractivity contribution in [2.45, 2.75) is 38.9 Å². The highest BCUT2D eigenvalue weighted by Gasteiger charge is 2.33. The first kappa shape index (κ1) is 24.7. The molecule has 2 aliphatic rings. The van der Waals surface area contributed by atoms with Gasteiger partial charge in [0.2, 0.25) is 5.95 Å². The van der Waals surface area contributed by atoms with Crippen molar-refractivity contribution in [3.63, 3.8) is 0 Å². The molecular weight excluding hydrogens is 509 g/mol. The van der Waals surface area contributed by atoms with Gasteiger partial charge in [0, 0.05) is 66.8 Å². The molecule has 0 spiro atoms. The lowest BCUT2D eigenvalue weighted by atomic mass is 9.95. The van der Waals surface area contributed by atoms with Crippen molar-refractivity contribution in [2.24, 2.45) is 0 Å². The third-order valence-corrected chi connectivity index (χ3v) is 8.82. The van der Waals surface area contributed by atoms with E-state index in [1.807, 2.05) is 25.1 Å². The Bertz CT molecular complexity index is 1500. The Morgan fingerprint density at radius 3 is 2.65 bits per heavy atom. The van der Waals surface area contributed by atoms with Gasteiger partial charge < -0.3 is 20.0 Å². The lowest BCUT2D eigenvalue weighted by Crippen LogP contribution is -2.58. The quantitative estimate of drug-likeness (QED) is 0.394. The third kappa shape index (κ3) is 4.12. The largest absolute Gasteiger partial charge is 0.350 e. The second-order valence-corrected chi connectivity index (χ2v) is 11.9. The van der Waals surface area contributed by atoms with E-state index >= 15 is 4.39 Å². The van der Waals surface area contributed by atoms with E-state index in [-0.39, 0.29) is 12.1 Å². The van der Waals surface area contributed by atoms with Gasteiger partial charge in [0.05, 0.1) is 9.72 Å². The molecule has 2 aromatic carbocycles. The van der Waals surface area contributed by atoms with Crippen molar-refractivity contribution in [2.75, 3.05) is 50.1 Å². The molecule has 37 heavy (non-hydrogen) atoms. The number of fused-ring (bicyclic) bond motifs is 2. The fraction of sp³-hybridized carbons (Fsp3) is 0.444. The van der Waals surface area contributed by atoms with E-state index in [0.29, 0.717) is 33.5 Å². The highest BCUT2D eigenvalue weighted by Crippen LogP contribution is 2.43. The number of benzene rings is 2. The van der Waals surface area contributed by atoms with Gasteiger partial charge in [-0.3, -0.25) is 0 Å². The van der Waals surface area contributed by atoms with Crippen LogP contribution in [0.3, 0.4) is 0 Å². The van der Waals surface area contributed by atoms with Gasteiger partial charge >= 0.3 is 0 Å². The Morgan fingerprint density at radius 1 is 1.11 bits per heavy atom. The highest BCUT2D eigenvalue weighted by molar-refractivity contribution is 7.13. The van der Waals surface area contributed by atoms with Crippen LogP contribution in [0.4, 0.5) is 16.2 Å². The van der Waals surface area contributed by atoms with Crippen LogP contribution in [-0.4, -0.2) is 77.6 Å². The minimum absolute atomic E-state index is 0.197. The van der Waals surface area contributed by atoms with Crippen LogP contribution in [0, 0.1) is 12.7 Å². The fourth-order valence-electron chi connectivity index (χ4n) is 5.40. The van der Waals surface area contributed by atoms with Crippen LogP contribution in [-0.2, 0) is 0 Å². The Morgan fingerprint density at radius 2 is 1.89 bits per heavy atom. The predicted octanol–water partition coefficient (Wildman–Crippen LogP) is 4.94. The molecule has 4 aromatic rings. The summed E-state index contributed by atoms with van der Waals surface area (Å²) in [6.45, 7) is 9.53. The molecule has 0 radical (unpaired) electrons. The lowest BCUT2D eigenvalue weighted by molar-refractivity contribution is 0.245. The Labute approximate surface area is 225 Å². The smallest absolute Gasteiger partial charge is 0.228 e. The molecular formula is C27H31ClFN7S. The first-order valence-corrected chi connectivity index (χ1v) is 13.8. The molecule has 2 atom stereocenters. The first-order valence-electron chi connectivity index (χ1n) is 12.7. The highest BCUT2D eigenvalue weighted by atomic mass is 35.5. The van der Waals surface area contributed by atoms with Gasteiger partial charge in [-0.25, -0.2) is 9.37 Å². The summed E-state index contributed by atoms with van der Waals surface area (Å²) in [4.78, 5) is 16.5. The molecule has 2 aliphatic heterocycles. The molecule has 0 amide bonds. The molecule has 0 bridgehead atoms. The standard InChI is InChI=1S/C27H31ClFN7S/c1-14-6-7-21-19(10-31-37-21)22(14)23-20(28)8-18-25(24(23)29)32-27(35-12-17(13-35)34(4)5)33-26(18)36-11-15(2)30-9-16(36)3/h6-8,10,15-17,30H,9,11-13H2,1-5H3/t15-,16+/m1/s1. The molecule has 0 unspecified atom stereocenters. The Kier molecular flexibility index (Phi) is 6.22. The van der Waals surface area contributed by atoms with Crippen molar-refractivity contribution < 1.29 is 4.39 Å². The van der Waals surface area contributed by atoms with Crippen molar-refractivity contribution in [3.05, 3.63) is 40.8 Å². The molecule has 10 heteroatoms. The van der Waals surface area contributed by atoms with Crippen LogP contribution >= 0.6 is 23.1 Å². The molecule has 0 saturated carbocycles. The van der Waals surface area contributed by atoms with E-state index in [0.717, 1.165) is 53.2 Å². The Balaban J connectivity index is 1.58. The summed E-state index contributed by atoms with van der Waals surface area (Å²) in [5.41, 5.74) is 2.41. The van der Waals surface area contributed by atoms with Gasteiger partial charge in [-0.15, -0.1) is 0 Å². The number of nitrogens with zero attached hydrogens (tertiary/aromatic N) is 6. The summed E-state index contributed by atoms with van der Waals surface area (Å²) in [5.74, 6) is 0.904. The first-order chi connectivity index (χ1) is 17.7. The van der Waals surface area contributed by atoms with E-state index in [4.69, 9.17) is 21.6 Å². The van der Waals surface area contributed by atoms with Gasteiger partial charge in [-0.2, -0.15) is 9.36 Å². The van der Waals surface area contributed by atoms with E-state index in [2.05, 4.69) is 52.3 Å². The second kappa shape index (κ2) is 9.31. The van der Waals surface area contributed by atoms with Gasteiger partial charge in [0.15, 0.2) is 5.82 Å². The van der Waals surface area contributed by atoms with E-state index < -0.39 is 5.82 Å². The monoisotopic (exact) mass is 539 g/mol. The number of aromatic nitrogens is 3. The fourth-order valence-corrected chi connectivity index (χ4v) is 6.34. The number of piperazine rings is 1. The number of hydrogen-bond acceptors (Lipinski definition) is 8. The topological polar surface area (TPSA) is 60.4 Å². The molecule has 2 fully saturated rings. The average molecular weight is 540 g/mol. The van der Waals surface area contributed by atoms with Gasteiger partial charge in [0.1, 0.15) is 11.3 Å². The average Bonchev–Trinajstić information content (AvgIpc) is 3.30. The number of anilines is 2. The zero-order chi connectivity index (χ0) is 26.0. The number of likely N-dealkylation sites (N-methyl/N-ethyl adjacent to an activating group) is 1. The maximum Gasteiger partial charge on any atom is 0.228 e. The number of rotatable bonds is 4. The van der Waals surface area contributed by atoms with Crippen LogP contribution in [0.1, 0.15) is 19.4 Å². The van der Waals surface area contributed by atoms with Crippen molar-refractivity contribution in [3.8, 4) is 11.1 Å². The Hall–Kier alpha value is -2.59. The summed E-state index contributed by atoms with van der Waals surface area (Å²) in [6, 6.07) is 6.79. The number of halogens is 2. The maximum atomic E-state index is 16.7. The van der Waals surface area contributed by atoms with Crippen LogP contribution in [0.5, 0.6) is 0 Å². The van der Waals surface area contributed by atoms with Gasteiger partial charge in [0.25, 0.3) is 0 Å². The van der Waals surface area contributed by atoms with Crippen molar-refractivity contribution in [1.82, 2.24) is 24.6 Å². The SMILES string of the molecule is Cc1ccc2sncc2c1-c1c(Cl)cc2c(N3C[C@@H](C)NC[C@@H]3C)nc(N3CC(N(C)C)C3)nc2c1F. The molecule has 194 valence electrons. The summed E-state index contributed by atoms with van der Waals surface area (Å²) in [7, 11) is 4.16. The number of aryl methyl sites for hydroxylation is 1. The van der Waals surface area contributed by atoms with Crippen molar-refractivity contribution >= 4 is 55.9 Å². The lowest BCUT2D eigenvalue weighted by Gasteiger charge is -2.43. The molecule has 7 nitrogen and oxygen atoms in total. The van der Waals surface area contributed by atoms with Crippen LogP contribution in [0.15, 0.2) is 24.4 Å². The molecule has 6 rings (SSSR count). The van der Waals surface area contributed by atoms with E-state index in [9.17, 15) is 0 Å². The molecule has 1 N–H and O–H groups in total.